The molecule has 0 aliphatic carbocycles. The molecule has 2 rings (SSSR count). The number of hydrogen-bond acceptors (Lipinski definition) is 13. The third-order valence-corrected chi connectivity index (χ3v) is 12.3. The van der Waals surface area contributed by atoms with Crippen LogP contribution >= 0.6 is 0 Å². The Bertz CT molecular complexity index is 1220. The van der Waals surface area contributed by atoms with Crippen molar-refractivity contribution in [3.63, 3.8) is 0 Å². The van der Waals surface area contributed by atoms with Gasteiger partial charge in [0, 0.05) is 6.42 Å². The number of allylic oxidation sites excluding steroid dienone is 5. The van der Waals surface area contributed by atoms with Gasteiger partial charge >= 0.3 is 0 Å². The van der Waals surface area contributed by atoms with E-state index in [1.165, 1.54) is 116 Å². The number of ether oxygens (including phenoxy) is 4. The summed E-state index contributed by atoms with van der Waals surface area (Å²) in [5.41, 5.74) is 0. The van der Waals surface area contributed by atoms with E-state index < -0.39 is 86.8 Å². The molecule has 64 heavy (non-hydrogen) atoms. The number of carbonyl (C=O) groups is 1. The van der Waals surface area contributed by atoms with E-state index >= 15 is 0 Å². The Morgan fingerprint density at radius 3 is 1.53 bits per heavy atom. The number of unbranched alkanes of at least 4 members (excludes halogenated alkanes) is 21. The number of hydrogen-bond donors (Lipinski definition) is 9. The molecular formula is C50H91NO13. The summed E-state index contributed by atoms with van der Waals surface area (Å²) in [4.78, 5) is 13.1. The minimum Gasteiger partial charge on any atom is -0.394 e. The zero-order valence-electron chi connectivity index (χ0n) is 39.5. The molecule has 9 N–H and O–H groups in total. The van der Waals surface area contributed by atoms with Crippen LogP contribution < -0.4 is 5.32 Å². The summed E-state index contributed by atoms with van der Waals surface area (Å²) in [6, 6.07) is -0.929. The Morgan fingerprint density at radius 1 is 0.547 bits per heavy atom. The van der Waals surface area contributed by atoms with Crippen LogP contribution in [0.1, 0.15) is 181 Å². The van der Waals surface area contributed by atoms with Crippen LogP contribution in [-0.2, 0) is 23.7 Å². The fourth-order valence-corrected chi connectivity index (χ4v) is 8.12. The molecule has 0 aromatic rings. The molecule has 0 aromatic carbocycles. The molecule has 0 saturated carbocycles. The smallest absolute Gasteiger partial charge is 0.220 e. The van der Waals surface area contributed by atoms with E-state index in [1.54, 1.807) is 6.08 Å². The van der Waals surface area contributed by atoms with Gasteiger partial charge in [-0.3, -0.25) is 4.79 Å². The van der Waals surface area contributed by atoms with Crippen molar-refractivity contribution in [3.8, 4) is 0 Å². The molecule has 2 heterocycles. The summed E-state index contributed by atoms with van der Waals surface area (Å²) < 4.78 is 22.6. The molecule has 374 valence electrons. The van der Waals surface area contributed by atoms with Crippen molar-refractivity contribution in [1.82, 2.24) is 5.32 Å². The zero-order valence-corrected chi connectivity index (χ0v) is 39.5. The maximum atomic E-state index is 13.1. The summed E-state index contributed by atoms with van der Waals surface area (Å²) in [5, 5.41) is 86.6. The van der Waals surface area contributed by atoms with Gasteiger partial charge in [-0.05, 0) is 57.8 Å². The second kappa shape index (κ2) is 37.2. The summed E-state index contributed by atoms with van der Waals surface area (Å²) in [6.07, 6.45) is 24.8. The summed E-state index contributed by atoms with van der Waals surface area (Å²) in [6.45, 7) is 2.72. The highest BCUT2D eigenvalue weighted by atomic mass is 16.7. The molecule has 12 unspecified atom stereocenters. The Kier molecular flexibility index (Phi) is 33.9. The van der Waals surface area contributed by atoms with Crippen LogP contribution in [0.5, 0.6) is 0 Å². The number of nitrogens with one attached hydrogen (secondary N) is 1. The van der Waals surface area contributed by atoms with Gasteiger partial charge in [0.2, 0.25) is 5.91 Å². The molecule has 0 bridgehead atoms. The lowest BCUT2D eigenvalue weighted by Gasteiger charge is -2.46. The van der Waals surface area contributed by atoms with E-state index in [1.807, 2.05) is 6.08 Å². The van der Waals surface area contributed by atoms with Crippen LogP contribution in [0.4, 0.5) is 0 Å². The summed E-state index contributed by atoms with van der Waals surface area (Å²) in [5.74, 6) is -0.254. The van der Waals surface area contributed by atoms with E-state index in [9.17, 15) is 45.6 Å². The molecule has 1 amide bonds. The first-order chi connectivity index (χ1) is 31.1. The van der Waals surface area contributed by atoms with Gasteiger partial charge in [0.25, 0.3) is 0 Å². The predicted octanol–water partition coefficient (Wildman–Crippen LogP) is 6.32. The van der Waals surface area contributed by atoms with E-state index in [-0.39, 0.29) is 18.9 Å². The molecular weight excluding hydrogens is 823 g/mol. The van der Waals surface area contributed by atoms with Crippen LogP contribution in [0.3, 0.4) is 0 Å². The molecule has 14 heteroatoms. The van der Waals surface area contributed by atoms with E-state index in [4.69, 9.17) is 18.9 Å². The van der Waals surface area contributed by atoms with Crippen molar-refractivity contribution in [2.75, 3.05) is 19.8 Å². The number of aliphatic hydroxyl groups is 8. The highest BCUT2D eigenvalue weighted by Crippen LogP contribution is 2.30. The molecule has 12 atom stereocenters. The van der Waals surface area contributed by atoms with Crippen molar-refractivity contribution in [2.45, 2.75) is 254 Å². The summed E-state index contributed by atoms with van der Waals surface area (Å²) in [7, 11) is 0. The van der Waals surface area contributed by atoms with Crippen LogP contribution in [0.25, 0.3) is 0 Å². The van der Waals surface area contributed by atoms with Gasteiger partial charge in [0.15, 0.2) is 12.6 Å². The van der Waals surface area contributed by atoms with Crippen molar-refractivity contribution in [1.29, 1.82) is 0 Å². The lowest BCUT2D eigenvalue weighted by molar-refractivity contribution is -0.359. The van der Waals surface area contributed by atoms with Gasteiger partial charge < -0.3 is 65.1 Å². The monoisotopic (exact) mass is 914 g/mol. The second-order valence-electron chi connectivity index (χ2n) is 17.9. The first-order valence-corrected chi connectivity index (χ1v) is 25.2. The van der Waals surface area contributed by atoms with E-state index in [0.29, 0.717) is 12.8 Å². The number of rotatable bonds is 38. The van der Waals surface area contributed by atoms with Gasteiger partial charge in [0.1, 0.15) is 48.8 Å². The highest BCUT2D eigenvalue weighted by Gasteiger charge is 2.51. The van der Waals surface area contributed by atoms with Gasteiger partial charge in [-0.1, -0.05) is 153 Å². The number of aliphatic hydroxyl groups excluding tert-OH is 8. The fraction of sp³-hybridized carbons (Fsp3) is 0.860. The fourth-order valence-electron chi connectivity index (χ4n) is 8.12. The number of carbonyl (C=O) groups excluding carboxylic acids is 1. The van der Waals surface area contributed by atoms with Crippen molar-refractivity contribution >= 4 is 5.91 Å². The maximum Gasteiger partial charge on any atom is 0.220 e. The molecule has 0 spiro atoms. The van der Waals surface area contributed by atoms with Gasteiger partial charge in [-0.2, -0.15) is 0 Å². The Labute approximate surface area is 385 Å². The predicted molar refractivity (Wildman–Crippen MR) is 249 cm³/mol. The molecule has 0 radical (unpaired) electrons. The quantitative estimate of drug-likeness (QED) is 0.0244. The number of amides is 1. The highest BCUT2D eigenvalue weighted by molar-refractivity contribution is 5.76. The molecule has 2 fully saturated rings. The zero-order chi connectivity index (χ0) is 46.8. The SMILES string of the molecule is CCCCCCC/C=C/CC/C=C/C(O)C(COC1OC(CO)C(OC2OC(CO)C(O)C(O)C2O)C(O)C1O)NC(=O)CCCCCCCCCCC/C=C\CCCCCCCC. The van der Waals surface area contributed by atoms with Crippen molar-refractivity contribution in [2.24, 2.45) is 0 Å². The topological polar surface area (TPSA) is 228 Å². The average molecular weight is 914 g/mol. The van der Waals surface area contributed by atoms with E-state index in [2.05, 4.69) is 43.5 Å². The van der Waals surface area contributed by atoms with Crippen molar-refractivity contribution in [3.05, 3.63) is 36.5 Å². The van der Waals surface area contributed by atoms with Gasteiger partial charge in [-0.25, -0.2) is 0 Å². The Morgan fingerprint density at radius 2 is 1.00 bits per heavy atom. The third-order valence-electron chi connectivity index (χ3n) is 12.3. The molecule has 2 saturated heterocycles. The van der Waals surface area contributed by atoms with Gasteiger partial charge in [0.05, 0.1) is 32.0 Å². The third kappa shape index (κ3) is 24.3. The molecule has 0 aromatic heterocycles. The minimum atomic E-state index is -1.79. The second-order valence-corrected chi connectivity index (χ2v) is 17.9. The average Bonchev–Trinajstić information content (AvgIpc) is 3.29. The van der Waals surface area contributed by atoms with Gasteiger partial charge in [-0.15, -0.1) is 0 Å². The van der Waals surface area contributed by atoms with Crippen molar-refractivity contribution < 1.29 is 64.6 Å². The largest absolute Gasteiger partial charge is 0.394 e. The van der Waals surface area contributed by atoms with Crippen LogP contribution in [0, 0.1) is 0 Å². The Balaban J connectivity index is 1.83. The standard InChI is InChI=1S/C50H91NO13/c1-3-5-7-9-11-13-15-16-17-18-19-20-21-22-24-26-28-30-32-34-42(55)51-38(39(54)33-31-29-27-25-23-14-12-10-8-6-4-2)37-61-49-47(60)45(58)48(41(36-53)63-49)64-50-46(59)44(57)43(56)40(35-52)62-50/h16-17,23,25,31,33,38-41,43-50,52-54,56-60H,3-15,18-22,24,26-30,32,34-37H2,1-2H3,(H,51,55)/b17-16-,25-23+,33-31+. The molecule has 2 aliphatic rings. The van der Waals surface area contributed by atoms with Crippen LogP contribution in [-0.4, -0.2) is 140 Å². The molecule has 14 nitrogen and oxygen atoms in total. The molecule has 2 aliphatic heterocycles. The lowest BCUT2D eigenvalue weighted by atomic mass is 9.97. The summed E-state index contributed by atoms with van der Waals surface area (Å²) >= 11 is 0. The maximum absolute atomic E-state index is 13.1. The van der Waals surface area contributed by atoms with Crippen LogP contribution in [0.15, 0.2) is 36.5 Å². The van der Waals surface area contributed by atoms with Crippen LogP contribution in [0.2, 0.25) is 0 Å². The lowest BCUT2D eigenvalue weighted by Crippen LogP contribution is -2.65. The first-order valence-electron chi connectivity index (χ1n) is 25.2. The van der Waals surface area contributed by atoms with E-state index in [0.717, 1.165) is 32.1 Å². The minimum absolute atomic E-state index is 0.254. The Hall–Kier alpha value is -1.79. The first kappa shape index (κ1) is 58.3. The normalized spacial score (nSPS) is 27.5.